The Bertz CT molecular complexity index is 927. The molecule has 0 bridgehead atoms. The fourth-order valence-electron chi connectivity index (χ4n) is 4.94. The van der Waals surface area contributed by atoms with Crippen LogP contribution in [-0.2, 0) is 17.8 Å². The first-order valence-electron chi connectivity index (χ1n) is 11.1. The second kappa shape index (κ2) is 8.36. The number of nitrogens with zero attached hydrogens (tertiary/aromatic N) is 1. The lowest BCUT2D eigenvalue weighted by Crippen LogP contribution is -2.32. The SMILES string of the molecule is O=c1c(CNC[C@H]2CCCO2)cc2cc3c(cc2n1CC1CCCCC1)OCO3. The van der Waals surface area contributed by atoms with E-state index in [0.717, 1.165) is 60.5 Å². The van der Waals surface area contributed by atoms with Crippen molar-refractivity contribution in [1.82, 2.24) is 9.88 Å². The molecule has 1 N–H and O–H groups in total. The fraction of sp³-hybridized carbons (Fsp3) is 0.609. The summed E-state index contributed by atoms with van der Waals surface area (Å²) >= 11 is 0. The maximum Gasteiger partial charge on any atom is 0.255 e. The van der Waals surface area contributed by atoms with Crippen LogP contribution in [0.5, 0.6) is 11.5 Å². The van der Waals surface area contributed by atoms with E-state index >= 15 is 0 Å². The van der Waals surface area contributed by atoms with E-state index in [1.807, 2.05) is 22.8 Å². The molecule has 5 rings (SSSR count). The molecule has 1 saturated heterocycles. The Morgan fingerprint density at radius 3 is 2.62 bits per heavy atom. The molecule has 156 valence electrons. The van der Waals surface area contributed by atoms with E-state index < -0.39 is 0 Å². The van der Waals surface area contributed by atoms with Gasteiger partial charge in [-0.15, -0.1) is 0 Å². The van der Waals surface area contributed by atoms with Crippen molar-refractivity contribution in [3.8, 4) is 11.5 Å². The second-order valence-corrected chi connectivity index (χ2v) is 8.62. The number of benzene rings is 1. The van der Waals surface area contributed by atoms with Crippen molar-refractivity contribution in [2.24, 2.45) is 5.92 Å². The van der Waals surface area contributed by atoms with Crippen LogP contribution in [0.1, 0.15) is 50.5 Å². The van der Waals surface area contributed by atoms with Crippen LogP contribution in [0, 0.1) is 5.92 Å². The molecule has 2 fully saturated rings. The monoisotopic (exact) mass is 398 g/mol. The molecule has 6 nitrogen and oxygen atoms in total. The van der Waals surface area contributed by atoms with Gasteiger partial charge in [0.1, 0.15) is 0 Å². The summed E-state index contributed by atoms with van der Waals surface area (Å²) in [5, 5.41) is 4.48. The highest BCUT2D eigenvalue weighted by Crippen LogP contribution is 2.36. The summed E-state index contributed by atoms with van der Waals surface area (Å²) in [6.07, 6.45) is 8.77. The zero-order valence-corrected chi connectivity index (χ0v) is 17.0. The largest absolute Gasteiger partial charge is 0.454 e. The van der Waals surface area contributed by atoms with Crippen LogP contribution in [0.25, 0.3) is 10.9 Å². The average Bonchev–Trinajstić information content (AvgIpc) is 3.42. The number of hydrogen-bond donors (Lipinski definition) is 1. The van der Waals surface area contributed by atoms with Crippen LogP contribution >= 0.6 is 0 Å². The minimum atomic E-state index is 0.113. The van der Waals surface area contributed by atoms with Crippen molar-refractivity contribution in [3.63, 3.8) is 0 Å². The van der Waals surface area contributed by atoms with Crippen molar-refractivity contribution in [3.05, 3.63) is 34.1 Å². The Kier molecular flexibility index (Phi) is 5.46. The minimum Gasteiger partial charge on any atom is -0.454 e. The summed E-state index contributed by atoms with van der Waals surface area (Å²) in [6.45, 7) is 3.24. The van der Waals surface area contributed by atoms with Crippen molar-refractivity contribution in [1.29, 1.82) is 0 Å². The van der Waals surface area contributed by atoms with Crippen molar-refractivity contribution >= 4 is 10.9 Å². The first-order valence-corrected chi connectivity index (χ1v) is 11.1. The summed E-state index contributed by atoms with van der Waals surface area (Å²) in [5.74, 6) is 2.07. The van der Waals surface area contributed by atoms with Crippen molar-refractivity contribution < 1.29 is 14.2 Å². The Balaban J connectivity index is 1.46. The molecule has 1 atom stereocenters. The third-order valence-corrected chi connectivity index (χ3v) is 6.54. The van der Waals surface area contributed by atoms with Crippen LogP contribution in [0.2, 0.25) is 0 Å². The molecule has 1 aromatic heterocycles. The molecule has 6 heteroatoms. The number of rotatable bonds is 6. The van der Waals surface area contributed by atoms with Crippen LogP contribution in [0.3, 0.4) is 0 Å². The zero-order chi connectivity index (χ0) is 19.6. The molecular weight excluding hydrogens is 368 g/mol. The van der Waals surface area contributed by atoms with Gasteiger partial charge < -0.3 is 24.1 Å². The van der Waals surface area contributed by atoms with Gasteiger partial charge in [0.25, 0.3) is 5.56 Å². The molecule has 3 aliphatic rings. The summed E-state index contributed by atoms with van der Waals surface area (Å²) in [7, 11) is 0. The van der Waals surface area contributed by atoms with Gasteiger partial charge in [0.05, 0.1) is 11.6 Å². The van der Waals surface area contributed by atoms with E-state index in [-0.39, 0.29) is 18.5 Å². The van der Waals surface area contributed by atoms with Gasteiger partial charge in [0, 0.05) is 43.3 Å². The van der Waals surface area contributed by atoms with E-state index in [1.165, 1.54) is 32.1 Å². The highest BCUT2D eigenvalue weighted by atomic mass is 16.7. The molecule has 1 aliphatic carbocycles. The smallest absolute Gasteiger partial charge is 0.255 e. The first-order chi connectivity index (χ1) is 14.3. The van der Waals surface area contributed by atoms with Gasteiger partial charge in [-0.05, 0) is 43.7 Å². The maximum atomic E-state index is 13.4. The molecule has 1 saturated carbocycles. The molecule has 0 spiro atoms. The molecular formula is C23H30N2O4. The Labute approximate surface area is 171 Å². The summed E-state index contributed by atoms with van der Waals surface area (Å²) in [5.41, 5.74) is 1.87. The number of fused-ring (bicyclic) bond motifs is 2. The molecule has 2 aromatic rings. The van der Waals surface area contributed by atoms with E-state index in [2.05, 4.69) is 5.32 Å². The average molecular weight is 399 g/mol. The Morgan fingerprint density at radius 2 is 1.83 bits per heavy atom. The lowest BCUT2D eigenvalue weighted by Gasteiger charge is -2.24. The molecule has 0 amide bonds. The third kappa shape index (κ3) is 4.01. The van der Waals surface area contributed by atoms with Gasteiger partial charge in [-0.1, -0.05) is 19.3 Å². The Hall–Kier alpha value is -2.05. The number of aromatic nitrogens is 1. The molecule has 0 unspecified atom stereocenters. The molecule has 0 radical (unpaired) electrons. The van der Waals surface area contributed by atoms with E-state index in [1.54, 1.807) is 0 Å². The molecule has 3 heterocycles. The van der Waals surface area contributed by atoms with Gasteiger partial charge in [-0.2, -0.15) is 0 Å². The highest BCUT2D eigenvalue weighted by molar-refractivity contribution is 5.84. The lowest BCUT2D eigenvalue weighted by molar-refractivity contribution is 0.110. The fourth-order valence-corrected chi connectivity index (χ4v) is 4.94. The predicted octanol–water partition coefficient (Wildman–Crippen LogP) is 3.58. The summed E-state index contributed by atoms with van der Waals surface area (Å²) in [4.78, 5) is 13.4. The summed E-state index contributed by atoms with van der Waals surface area (Å²) < 4.78 is 18.8. The van der Waals surface area contributed by atoms with Gasteiger partial charge >= 0.3 is 0 Å². The van der Waals surface area contributed by atoms with Crippen molar-refractivity contribution in [2.45, 2.75) is 64.1 Å². The van der Waals surface area contributed by atoms with Crippen LogP contribution < -0.4 is 20.3 Å². The molecule has 2 aliphatic heterocycles. The van der Waals surface area contributed by atoms with Gasteiger partial charge in [0.2, 0.25) is 6.79 Å². The van der Waals surface area contributed by atoms with Gasteiger partial charge in [-0.3, -0.25) is 4.79 Å². The topological polar surface area (TPSA) is 61.7 Å². The van der Waals surface area contributed by atoms with Crippen LogP contribution in [-0.4, -0.2) is 30.6 Å². The van der Waals surface area contributed by atoms with Gasteiger partial charge in [0.15, 0.2) is 11.5 Å². The third-order valence-electron chi connectivity index (χ3n) is 6.54. The number of ether oxygens (including phenoxy) is 3. The second-order valence-electron chi connectivity index (χ2n) is 8.62. The Morgan fingerprint density at radius 1 is 1.00 bits per heavy atom. The van der Waals surface area contributed by atoms with Crippen LogP contribution in [0.15, 0.2) is 23.0 Å². The van der Waals surface area contributed by atoms with E-state index in [0.29, 0.717) is 12.5 Å². The maximum absolute atomic E-state index is 13.4. The summed E-state index contributed by atoms with van der Waals surface area (Å²) in [6, 6.07) is 6.00. The first kappa shape index (κ1) is 18.9. The molecule has 1 aromatic carbocycles. The zero-order valence-electron chi connectivity index (χ0n) is 17.0. The van der Waals surface area contributed by atoms with E-state index in [9.17, 15) is 4.79 Å². The quantitative estimate of drug-likeness (QED) is 0.806. The van der Waals surface area contributed by atoms with Gasteiger partial charge in [-0.25, -0.2) is 0 Å². The predicted molar refractivity (Wildman–Crippen MR) is 112 cm³/mol. The highest BCUT2D eigenvalue weighted by Gasteiger charge is 2.21. The normalized spacial score (nSPS) is 21.9. The minimum absolute atomic E-state index is 0.113. The number of nitrogens with one attached hydrogen (secondary N) is 1. The van der Waals surface area contributed by atoms with E-state index in [4.69, 9.17) is 14.2 Å². The van der Waals surface area contributed by atoms with Crippen LogP contribution in [0.4, 0.5) is 0 Å². The number of hydrogen-bond acceptors (Lipinski definition) is 5. The number of pyridine rings is 1. The lowest BCUT2D eigenvalue weighted by atomic mass is 9.89. The van der Waals surface area contributed by atoms with Crippen molar-refractivity contribution in [2.75, 3.05) is 19.9 Å². The standard InChI is InChI=1S/C23H30N2O4/c26-23-18(12-24-13-19-7-4-8-27-19)9-17-10-21-22(29-15-28-21)11-20(17)25(23)14-16-5-2-1-3-6-16/h9-11,16,19,24H,1-8,12-15H2/t19-/m1/s1. The molecule has 29 heavy (non-hydrogen) atoms.